The SMILES string of the molecule is CCN1CCOC(CN2CCCC(C)C2CN)C1. The molecule has 2 fully saturated rings. The van der Waals surface area contributed by atoms with E-state index in [9.17, 15) is 0 Å². The third-order valence-corrected chi connectivity index (χ3v) is 4.58. The fourth-order valence-corrected chi connectivity index (χ4v) is 3.38. The molecule has 0 spiro atoms. The van der Waals surface area contributed by atoms with Crippen LogP contribution in [0.4, 0.5) is 0 Å². The molecule has 0 bridgehead atoms. The molecule has 2 rings (SSSR count). The molecule has 4 nitrogen and oxygen atoms in total. The molecule has 2 aliphatic rings. The Morgan fingerprint density at radius 1 is 1.33 bits per heavy atom. The maximum absolute atomic E-state index is 5.95. The third kappa shape index (κ3) is 3.44. The van der Waals surface area contributed by atoms with Crippen LogP contribution >= 0.6 is 0 Å². The number of likely N-dealkylation sites (N-methyl/N-ethyl adjacent to an activating group) is 1. The molecule has 3 atom stereocenters. The molecule has 0 radical (unpaired) electrons. The Kier molecular flexibility index (Phi) is 5.42. The molecule has 0 amide bonds. The quantitative estimate of drug-likeness (QED) is 0.805. The summed E-state index contributed by atoms with van der Waals surface area (Å²) < 4.78 is 5.92. The molecule has 18 heavy (non-hydrogen) atoms. The summed E-state index contributed by atoms with van der Waals surface area (Å²) in [5.41, 5.74) is 5.95. The van der Waals surface area contributed by atoms with Crippen molar-refractivity contribution in [3.05, 3.63) is 0 Å². The number of rotatable bonds is 4. The van der Waals surface area contributed by atoms with E-state index in [0.717, 1.165) is 45.2 Å². The van der Waals surface area contributed by atoms with Gasteiger partial charge >= 0.3 is 0 Å². The molecule has 0 aliphatic carbocycles. The van der Waals surface area contributed by atoms with Gasteiger partial charge in [0.25, 0.3) is 0 Å². The molecule has 0 saturated carbocycles. The number of nitrogens with two attached hydrogens (primary N) is 1. The number of hydrogen-bond donors (Lipinski definition) is 1. The lowest BCUT2D eigenvalue weighted by molar-refractivity contribution is -0.0543. The highest BCUT2D eigenvalue weighted by Gasteiger charge is 2.30. The molecule has 106 valence electrons. The number of nitrogens with zero attached hydrogens (tertiary/aromatic N) is 2. The fourth-order valence-electron chi connectivity index (χ4n) is 3.38. The Morgan fingerprint density at radius 3 is 2.89 bits per heavy atom. The minimum Gasteiger partial charge on any atom is -0.374 e. The second-order valence-corrected chi connectivity index (χ2v) is 5.80. The fraction of sp³-hybridized carbons (Fsp3) is 1.00. The standard InChI is InChI=1S/C14H29N3O/c1-3-16-7-8-18-13(10-16)11-17-6-4-5-12(2)14(17)9-15/h12-14H,3-11,15H2,1-2H3. The van der Waals surface area contributed by atoms with E-state index in [1.165, 1.54) is 19.4 Å². The summed E-state index contributed by atoms with van der Waals surface area (Å²) in [5.74, 6) is 0.731. The molecule has 2 N–H and O–H groups in total. The number of hydrogen-bond acceptors (Lipinski definition) is 4. The van der Waals surface area contributed by atoms with Crippen LogP contribution < -0.4 is 5.73 Å². The highest BCUT2D eigenvalue weighted by molar-refractivity contribution is 4.85. The average Bonchev–Trinajstić information content (AvgIpc) is 2.39. The summed E-state index contributed by atoms with van der Waals surface area (Å²) >= 11 is 0. The Balaban J connectivity index is 1.87. The van der Waals surface area contributed by atoms with Crippen LogP contribution in [0, 0.1) is 5.92 Å². The number of piperidine rings is 1. The van der Waals surface area contributed by atoms with Gasteiger partial charge in [-0.25, -0.2) is 0 Å². The third-order valence-electron chi connectivity index (χ3n) is 4.58. The van der Waals surface area contributed by atoms with Gasteiger partial charge in [0.1, 0.15) is 0 Å². The van der Waals surface area contributed by atoms with Gasteiger partial charge in [-0.3, -0.25) is 9.80 Å². The highest BCUT2D eigenvalue weighted by Crippen LogP contribution is 2.23. The lowest BCUT2D eigenvalue weighted by Crippen LogP contribution is -2.54. The lowest BCUT2D eigenvalue weighted by Gasteiger charge is -2.42. The van der Waals surface area contributed by atoms with E-state index in [-0.39, 0.29) is 0 Å². The Morgan fingerprint density at radius 2 is 2.17 bits per heavy atom. The largest absolute Gasteiger partial charge is 0.374 e. The lowest BCUT2D eigenvalue weighted by atomic mass is 9.90. The molecule has 3 unspecified atom stereocenters. The minimum absolute atomic E-state index is 0.373. The molecular weight excluding hydrogens is 226 g/mol. The molecular formula is C14H29N3O. The van der Waals surface area contributed by atoms with Crippen LogP contribution in [-0.4, -0.2) is 67.8 Å². The Hall–Kier alpha value is -0.160. The van der Waals surface area contributed by atoms with Gasteiger partial charge in [-0.15, -0.1) is 0 Å². The summed E-state index contributed by atoms with van der Waals surface area (Å²) in [6.07, 6.45) is 3.00. The molecule has 2 aliphatic heterocycles. The summed E-state index contributed by atoms with van der Waals surface area (Å²) in [7, 11) is 0. The smallest absolute Gasteiger partial charge is 0.0829 e. The summed E-state index contributed by atoms with van der Waals surface area (Å²) in [4.78, 5) is 5.05. The predicted octanol–water partition coefficient (Wildman–Crippen LogP) is 0.766. The van der Waals surface area contributed by atoms with Crippen molar-refractivity contribution in [1.29, 1.82) is 0 Å². The summed E-state index contributed by atoms with van der Waals surface area (Å²) in [6, 6.07) is 0.555. The van der Waals surface area contributed by atoms with E-state index < -0.39 is 0 Å². The van der Waals surface area contributed by atoms with Gasteiger partial charge < -0.3 is 10.5 Å². The van der Waals surface area contributed by atoms with Crippen molar-refractivity contribution >= 4 is 0 Å². The van der Waals surface area contributed by atoms with E-state index in [1.54, 1.807) is 0 Å². The monoisotopic (exact) mass is 255 g/mol. The van der Waals surface area contributed by atoms with E-state index in [4.69, 9.17) is 10.5 Å². The normalized spacial score (nSPS) is 35.8. The molecule has 0 aromatic carbocycles. The number of morpholine rings is 1. The van der Waals surface area contributed by atoms with Crippen LogP contribution in [0.1, 0.15) is 26.7 Å². The topological polar surface area (TPSA) is 41.7 Å². The minimum atomic E-state index is 0.373. The Bertz CT molecular complexity index is 249. The predicted molar refractivity (Wildman–Crippen MR) is 74.7 cm³/mol. The summed E-state index contributed by atoms with van der Waals surface area (Å²) in [6.45, 7) is 11.8. The zero-order valence-corrected chi connectivity index (χ0v) is 12.0. The van der Waals surface area contributed by atoms with Gasteiger partial charge in [-0.2, -0.15) is 0 Å². The maximum atomic E-state index is 5.95. The zero-order chi connectivity index (χ0) is 13.0. The first kappa shape index (κ1) is 14.3. The highest BCUT2D eigenvalue weighted by atomic mass is 16.5. The van der Waals surface area contributed by atoms with Crippen LogP contribution in [0.25, 0.3) is 0 Å². The average molecular weight is 255 g/mol. The Labute approximate surface area is 111 Å². The van der Waals surface area contributed by atoms with Gasteiger partial charge in [0.15, 0.2) is 0 Å². The van der Waals surface area contributed by atoms with Crippen LogP contribution in [0.2, 0.25) is 0 Å². The second kappa shape index (κ2) is 6.85. The molecule has 2 saturated heterocycles. The summed E-state index contributed by atoms with van der Waals surface area (Å²) in [5, 5.41) is 0. The van der Waals surface area contributed by atoms with Crippen molar-refractivity contribution in [1.82, 2.24) is 9.80 Å². The van der Waals surface area contributed by atoms with E-state index in [2.05, 4.69) is 23.6 Å². The van der Waals surface area contributed by atoms with Crippen LogP contribution in [0.15, 0.2) is 0 Å². The van der Waals surface area contributed by atoms with Crippen molar-refractivity contribution in [3.8, 4) is 0 Å². The zero-order valence-electron chi connectivity index (χ0n) is 12.0. The first-order valence-corrected chi connectivity index (χ1v) is 7.52. The van der Waals surface area contributed by atoms with Crippen molar-refractivity contribution in [2.75, 3.05) is 45.9 Å². The second-order valence-electron chi connectivity index (χ2n) is 5.80. The molecule has 0 aromatic heterocycles. The van der Waals surface area contributed by atoms with Crippen molar-refractivity contribution in [3.63, 3.8) is 0 Å². The maximum Gasteiger partial charge on any atom is 0.0829 e. The molecule has 4 heteroatoms. The van der Waals surface area contributed by atoms with Crippen molar-refractivity contribution in [2.45, 2.75) is 38.8 Å². The van der Waals surface area contributed by atoms with Gasteiger partial charge in [-0.05, 0) is 31.8 Å². The number of ether oxygens (including phenoxy) is 1. The van der Waals surface area contributed by atoms with Gasteiger partial charge in [0.2, 0.25) is 0 Å². The van der Waals surface area contributed by atoms with Gasteiger partial charge in [0.05, 0.1) is 12.7 Å². The van der Waals surface area contributed by atoms with Crippen LogP contribution in [0.5, 0.6) is 0 Å². The van der Waals surface area contributed by atoms with E-state index in [0.29, 0.717) is 12.1 Å². The molecule has 0 aromatic rings. The van der Waals surface area contributed by atoms with E-state index >= 15 is 0 Å². The van der Waals surface area contributed by atoms with Crippen LogP contribution in [-0.2, 0) is 4.74 Å². The number of likely N-dealkylation sites (tertiary alicyclic amines) is 1. The first-order valence-electron chi connectivity index (χ1n) is 7.52. The van der Waals surface area contributed by atoms with E-state index in [1.807, 2.05) is 0 Å². The first-order chi connectivity index (χ1) is 8.74. The van der Waals surface area contributed by atoms with Crippen molar-refractivity contribution in [2.24, 2.45) is 11.7 Å². The van der Waals surface area contributed by atoms with Gasteiger partial charge in [0, 0.05) is 32.2 Å². The molecule has 2 heterocycles. The van der Waals surface area contributed by atoms with Crippen LogP contribution in [0.3, 0.4) is 0 Å². The van der Waals surface area contributed by atoms with Gasteiger partial charge in [-0.1, -0.05) is 13.8 Å². The van der Waals surface area contributed by atoms with Crippen molar-refractivity contribution < 1.29 is 4.74 Å².